The fourth-order valence-electron chi connectivity index (χ4n) is 2.20. The van der Waals surface area contributed by atoms with E-state index in [2.05, 4.69) is 5.32 Å². The molecule has 0 aromatic rings. The van der Waals surface area contributed by atoms with Crippen molar-refractivity contribution in [2.24, 2.45) is 0 Å². The summed E-state index contributed by atoms with van der Waals surface area (Å²) in [5.41, 5.74) is -1.87. The van der Waals surface area contributed by atoms with Crippen LogP contribution in [0.1, 0.15) is 26.2 Å². The smallest absolute Gasteiger partial charge is 0.311 e. The van der Waals surface area contributed by atoms with Crippen LogP contribution < -0.4 is 5.32 Å². The molecule has 1 amide bonds. The van der Waals surface area contributed by atoms with Gasteiger partial charge in [0.15, 0.2) is 0 Å². The lowest BCUT2D eigenvalue weighted by atomic mass is 10.2. The Morgan fingerprint density at radius 1 is 1.53 bits per heavy atom. The van der Waals surface area contributed by atoms with E-state index in [1.54, 1.807) is 6.92 Å². The molecule has 1 unspecified atom stereocenters. The molecule has 15 heavy (non-hydrogen) atoms. The number of amides is 1. The molecule has 1 aliphatic carbocycles. The molecule has 0 aromatic heterocycles. The van der Waals surface area contributed by atoms with Crippen LogP contribution in [0.3, 0.4) is 0 Å². The second kappa shape index (κ2) is 3.10. The monoisotopic (exact) mass is 222 g/mol. The molecule has 1 atom stereocenters. The Balaban J connectivity index is 2.26. The second-order valence-electron chi connectivity index (χ2n) is 4.10. The third-order valence-electron chi connectivity index (χ3n) is 3.17. The van der Waals surface area contributed by atoms with Gasteiger partial charge in [-0.05, 0) is 19.3 Å². The normalized spacial score (nSPS) is 29.7. The fourth-order valence-corrected chi connectivity index (χ4v) is 2.20. The van der Waals surface area contributed by atoms with Crippen molar-refractivity contribution in [3.63, 3.8) is 0 Å². The minimum Gasteiger partial charge on any atom is -0.311 e. The highest BCUT2D eigenvalue weighted by Gasteiger charge is 2.69. The van der Waals surface area contributed by atoms with Gasteiger partial charge in [0.25, 0.3) is 0 Å². The Labute approximate surface area is 85.6 Å². The quantitative estimate of drug-likeness (QED) is 0.762. The van der Waals surface area contributed by atoms with Crippen molar-refractivity contribution in [3.05, 3.63) is 0 Å². The van der Waals surface area contributed by atoms with Crippen molar-refractivity contribution >= 4 is 5.91 Å². The molecule has 6 heteroatoms. The van der Waals surface area contributed by atoms with Crippen LogP contribution in [0.25, 0.3) is 0 Å². The highest BCUT2D eigenvalue weighted by molar-refractivity contribution is 5.82. The van der Waals surface area contributed by atoms with E-state index in [4.69, 9.17) is 0 Å². The molecule has 0 spiro atoms. The van der Waals surface area contributed by atoms with Crippen LogP contribution in [-0.4, -0.2) is 35.2 Å². The molecule has 2 aliphatic rings. The van der Waals surface area contributed by atoms with Gasteiger partial charge in [0.05, 0.1) is 12.7 Å². The standard InChI is InChI=1S/C9H13F3N2O/c1-2-6-13-5-7(15)14(6)8(3-4-8)9(10,11)12/h6,13H,2-5H2,1H3. The number of nitrogens with one attached hydrogen (secondary N) is 1. The summed E-state index contributed by atoms with van der Waals surface area (Å²) in [4.78, 5) is 12.4. The van der Waals surface area contributed by atoms with Crippen LogP contribution in [-0.2, 0) is 4.79 Å². The maximum Gasteiger partial charge on any atom is 0.411 e. The molecule has 86 valence electrons. The first-order valence-corrected chi connectivity index (χ1v) is 5.04. The van der Waals surface area contributed by atoms with Gasteiger partial charge in [0.1, 0.15) is 5.54 Å². The van der Waals surface area contributed by atoms with Gasteiger partial charge >= 0.3 is 6.18 Å². The van der Waals surface area contributed by atoms with Gasteiger partial charge in [-0.25, -0.2) is 0 Å². The maximum absolute atomic E-state index is 12.8. The summed E-state index contributed by atoms with van der Waals surface area (Å²) in [7, 11) is 0. The Morgan fingerprint density at radius 2 is 2.13 bits per heavy atom. The number of rotatable bonds is 2. The Hall–Kier alpha value is -0.780. The topological polar surface area (TPSA) is 32.3 Å². The van der Waals surface area contributed by atoms with Crippen molar-refractivity contribution in [3.8, 4) is 0 Å². The molecule has 0 bridgehead atoms. The highest BCUT2D eigenvalue weighted by Crippen LogP contribution is 2.54. The van der Waals surface area contributed by atoms with Crippen LogP contribution in [0.15, 0.2) is 0 Å². The zero-order valence-corrected chi connectivity index (χ0v) is 8.40. The van der Waals surface area contributed by atoms with Crippen molar-refractivity contribution < 1.29 is 18.0 Å². The van der Waals surface area contributed by atoms with Crippen LogP contribution in [0.5, 0.6) is 0 Å². The molecule has 2 fully saturated rings. The van der Waals surface area contributed by atoms with E-state index in [0.29, 0.717) is 6.42 Å². The molecule has 1 saturated heterocycles. The predicted octanol–water partition coefficient (Wildman–Crippen LogP) is 1.25. The first-order chi connectivity index (χ1) is 6.92. The Kier molecular flexibility index (Phi) is 2.22. The lowest BCUT2D eigenvalue weighted by molar-refractivity contribution is -0.202. The number of carbonyl (C=O) groups excluding carboxylic acids is 1. The Morgan fingerprint density at radius 3 is 2.53 bits per heavy atom. The largest absolute Gasteiger partial charge is 0.411 e. The van der Waals surface area contributed by atoms with Crippen molar-refractivity contribution in [2.45, 2.75) is 44.1 Å². The fraction of sp³-hybridized carbons (Fsp3) is 0.889. The molecule has 1 saturated carbocycles. The third kappa shape index (κ3) is 1.42. The Bertz CT molecular complexity index is 286. The zero-order valence-electron chi connectivity index (χ0n) is 8.40. The molecule has 2 rings (SSSR count). The summed E-state index contributed by atoms with van der Waals surface area (Å²) in [6.45, 7) is 1.80. The minimum absolute atomic E-state index is 0.0241. The molecule has 1 N–H and O–H groups in total. The number of hydrogen-bond acceptors (Lipinski definition) is 2. The number of alkyl halides is 3. The van der Waals surface area contributed by atoms with Crippen LogP contribution in [0.2, 0.25) is 0 Å². The van der Waals surface area contributed by atoms with E-state index >= 15 is 0 Å². The van der Waals surface area contributed by atoms with Gasteiger partial charge in [-0.1, -0.05) is 6.92 Å². The zero-order chi connectivity index (χ0) is 11.3. The molecule has 1 heterocycles. The van der Waals surface area contributed by atoms with Crippen molar-refractivity contribution in [1.82, 2.24) is 10.2 Å². The highest BCUT2D eigenvalue weighted by atomic mass is 19.4. The lowest BCUT2D eigenvalue weighted by Crippen LogP contribution is -2.53. The third-order valence-corrected chi connectivity index (χ3v) is 3.17. The summed E-state index contributed by atoms with van der Waals surface area (Å²) < 4.78 is 38.4. The van der Waals surface area contributed by atoms with Gasteiger partial charge in [-0.2, -0.15) is 13.2 Å². The number of halogens is 3. The van der Waals surface area contributed by atoms with Gasteiger partial charge < -0.3 is 4.90 Å². The average Bonchev–Trinajstić information content (AvgIpc) is 2.85. The van der Waals surface area contributed by atoms with Gasteiger partial charge in [-0.15, -0.1) is 0 Å². The van der Waals surface area contributed by atoms with E-state index in [0.717, 1.165) is 4.90 Å². The maximum atomic E-state index is 12.8. The summed E-state index contributed by atoms with van der Waals surface area (Å²) in [5.74, 6) is -0.434. The summed E-state index contributed by atoms with van der Waals surface area (Å²) in [6, 6.07) is 0. The summed E-state index contributed by atoms with van der Waals surface area (Å²) >= 11 is 0. The van der Waals surface area contributed by atoms with E-state index in [-0.39, 0.29) is 19.4 Å². The van der Waals surface area contributed by atoms with E-state index in [9.17, 15) is 18.0 Å². The molecule has 1 aliphatic heterocycles. The van der Waals surface area contributed by atoms with Crippen LogP contribution in [0.4, 0.5) is 13.2 Å². The minimum atomic E-state index is -4.30. The second-order valence-corrected chi connectivity index (χ2v) is 4.10. The van der Waals surface area contributed by atoms with E-state index in [1.165, 1.54) is 0 Å². The molecule has 3 nitrogen and oxygen atoms in total. The summed E-state index contributed by atoms with van der Waals surface area (Å²) in [5, 5.41) is 2.80. The van der Waals surface area contributed by atoms with Crippen molar-refractivity contribution in [1.29, 1.82) is 0 Å². The molecule has 0 radical (unpaired) electrons. The van der Waals surface area contributed by atoms with Gasteiger partial charge in [0, 0.05) is 0 Å². The molecular weight excluding hydrogens is 209 g/mol. The van der Waals surface area contributed by atoms with Crippen molar-refractivity contribution in [2.75, 3.05) is 6.54 Å². The summed E-state index contributed by atoms with van der Waals surface area (Å²) in [6.07, 6.45) is -4.17. The van der Waals surface area contributed by atoms with E-state index < -0.39 is 23.8 Å². The average molecular weight is 222 g/mol. The van der Waals surface area contributed by atoms with Gasteiger partial charge in [0.2, 0.25) is 5.91 Å². The van der Waals surface area contributed by atoms with Crippen LogP contribution >= 0.6 is 0 Å². The number of nitrogens with zero attached hydrogens (tertiary/aromatic N) is 1. The lowest BCUT2D eigenvalue weighted by Gasteiger charge is -2.34. The van der Waals surface area contributed by atoms with Crippen LogP contribution in [0, 0.1) is 0 Å². The number of carbonyl (C=O) groups is 1. The van der Waals surface area contributed by atoms with E-state index in [1.807, 2.05) is 0 Å². The predicted molar refractivity (Wildman–Crippen MR) is 46.9 cm³/mol. The first-order valence-electron chi connectivity index (χ1n) is 5.04. The molecule has 0 aromatic carbocycles. The number of hydrogen-bond donors (Lipinski definition) is 1. The molecular formula is C9H13F3N2O. The first kappa shape index (κ1) is 10.7. The SMILES string of the molecule is CCC1NCC(=O)N1C1(C(F)(F)F)CC1. The van der Waals surface area contributed by atoms with Gasteiger partial charge in [-0.3, -0.25) is 10.1 Å².